The number of carbonyl (C=O) groups is 1. The maximum atomic E-state index is 12.5. The number of piperazine rings is 1. The van der Waals surface area contributed by atoms with Crippen molar-refractivity contribution in [2.75, 3.05) is 36.4 Å². The van der Waals surface area contributed by atoms with Crippen LogP contribution in [-0.2, 0) is 11.3 Å². The molecule has 0 saturated carbocycles. The highest BCUT2D eigenvalue weighted by Gasteiger charge is 2.17. The van der Waals surface area contributed by atoms with Crippen molar-refractivity contribution in [3.05, 3.63) is 108 Å². The van der Waals surface area contributed by atoms with Gasteiger partial charge in [-0.1, -0.05) is 54.6 Å². The van der Waals surface area contributed by atoms with Crippen LogP contribution in [0.25, 0.3) is 17.0 Å². The Morgan fingerprint density at radius 2 is 1.62 bits per heavy atom. The topological polar surface area (TPSA) is 48.5 Å². The molecule has 5 heteroatoms. The van der Waals surface area contributed by atoms with Crippen LogP contribution in [0.2, 0.25) is 0 Å². The average Bonchev–Trinajstić information content (AvgIpc) is 2.89. The molecule has 0 atom stereocenters. The van der Waals surface area contributed by atoms with Crippen LogP contribution in [-0.4, -0.2) is 42.0 Å². The second kappa shape index (κ2) is 10.3. The lowest BCUT2D eigenvalue weighted by Crippen LogP contribution is -2.45. The zero-order chi connectivity index (χ0) is 23.2. The molecule has 3 aromatic carbocycles. The van der Waals surface area contributed by atoms with Crippen molar-refractivity contribution in [1.82, 2.24) is 9.88 Å². The average molecular weight is 449 g/mol. The Morgan fingerprint density at radius 3 is 2.41 bits per heavy atom. The molecule has 2 heterocycles. The van der Waals surface area contributed by atoms with E-state index in [0.29, 0.717) is 0 Å². The molecular formula is C29H28N4O. The summed E-state index contributed by atoms with van der Waals surface area (Å²) in [6.07, 6.45) is 5.14. The molecule has 170 valence electrons. The summed E-state index contributed by atoms with van der Waals surface area (Å²) in [5.74, 6) is -0.157. The molecular weight excluding hydrogens is 420 g/mol. The Morgan fingerprint density at radius 1 is 0.853 bits per heavy atom. The number of para-hydroxylation sites is 1. The predicted molar refractivity (Wildman–Crippen MR) is 140 cm³/mol. The fourth-order valence-electron chi connectivity index (χ4n) is 4.37. The molecule has 1 saturated heterocycles. The summed E-state index contributed by atoms with van der Waals surface area (Å²) in [5, 5.41) is 4.01. The van der Waals surface area contributed by atoms with E-state index >= 15 is 0 Å². The highest BCUT2D eigenvalue weighted by Crippen LogP contribution is 2.21. The number of benzene rings is 3. The van der Waals surface area contributed by atoms with E-state index in [-0.39, 0.29) is 5.91 Å². The summed E-state index contributed by atoms with van der Waals surface area (Å²) < 4.78 is 0. The van der Waals surface area contributed by atoms with E-state index in [0.717, 1.165) is 54.9 Å². The minimum absolute atomic E-state index is 0.157. The van der Waals surface area contributed by atoms with Crippen molar-refractivity contribution in [3.63, 3.8) is 0 Å². The normalized spacial score (nSPS) is 14.5. The Hall–Kier alpha value is -3.96. The highest BCUT2D eigenvalue weighted by atomic mass is 16.1. The number of anilines is 2. The van der Waals surface area contributed by atoms with Crippen LogP contribution in [0.5, 0.6) is 0 Å². The van der Waals surface area contributed by atoms with Crippen molar-refractivity contribution in [2.24, 2.45) is 0 Å². The van der Waals surface area contributed by atoms with Crippen molar-refractivity contribution in [1.29, 1.82) is 0 Å². The van der Waals surface area contributed by atoms with Crippen molar-refractivity contribution in [3.8, 4) is 0 Å². The number of hydrogen-bond acceptors (Lipinski definition) is 4. The Balaban J connectivity index is 1.15. The van der Waals surface area contributed by atoms with Gasteiger partial charge in [-0.25, -0.2) is 0 Å². The van der Waals surface area contributed by atoms with Crippen LogP contribution in [0, 0.1) is 0 Å². The predicted octanol–water partition coefficient (Wildman–Crippen LogP) is 5.21. The van der Waals surface area contributed by atoms with Crippen molar-refractivity contribution in [2.45, 2.75) is 6.54 Å². The third kappa shape index (κ3) is 5.33. The van der Waals surface area contributed by atoms with E-state index in [1.807, 2.05) is 48.5 Å². The van der Waals surface area contributed by atoms with Crippen molar-refractivity contribution >= 4 is 34.3 Å². The van der Waals surface area contributed by atoms with Gasteiger partial charge in [-0.05, 0) is 42.0 Å². The molecule has 34 heavy (non-hydrogen) atoms. The molecule has 1 aliphatic heterocycles. The van der Waals surface area contributed by atoms with Crippen LogP contribution in [0.3, 0.4) is 0 Å². The zero-order valence-corrected chi connectivity index (χ0v) is 19.1. The van der Waals surface area contributed by atoms with Gasteiger partial charge in [0.2, 0.25) is 5.91 Å². The monoisotopic (exact) mass is 448 g/mol. The maximum Gasteiger partial charge on any atom is 0.248 e. The number of pyridine rings is 1. The second-order valence-corrected chi connectivity index (χ2v) is 8.54. The van der Waals surface area contributed by atoms with Crippen LogP contribution in [0.1, 0.15) is 11.1 Å². The van der Waals surface area contributed by atoms with E-state index in [4.69, 9.17) is 0 Å². The number of hydrogen-bond donors (Lipinski definition) is 1. The van der Waals surface area contributed by atoms with Gasteiger partial charge in [-0.2, -0.15) is 0 Å². The molecule has 5 rings (SSSR count). The van der Waals surface area contributed by atoms with Gasteiger partial charge in [0.25, 0.3) is 0 Å². The molecule has 1 aromatic heterocycles. The van der Waals surface area contributed by atoms with E-state index in [1.54, 1.807) is 12.3 Å². The minimum Gasteiger partial charge on any atom is -0.369 e. The number of fused-ring (bicyclic) bond motifs is 1. The molecule has 0 aliphatic carbocycles. The molecule has 0 radical (unpaired) electrons. The van der Waals surface area contributed by atoms with E-state index < -0.39 is 0 Å². The van der Waals surface area contributed by atoms with Gasteiger partial charge in [-0.3, -0.25) is 14.7 Å². The van der Waals surface area contributed by atoms with Crippen LogP contribution < -0.4 is 10.2 Å². The smallest absolute Gasteiger partial charge is 0.248 e. The number of amides is 1. The van der Waals surface area contributed by atoms with Gasteiger partial charge in [0.15, 0.2) is 0 Å². The van der Waals surface area contributed by atoms with Crippen LogP contribution in [0.4, 0.5) is 11.4 Å². The first kappa shape index (κ1) is 21.9. The largest absolute Gasteiger partial charge is 0.369 e. The Labute approximate surface area is 200 Å². The molecule has 1 N–H and O–H groups in total. The number of aromatic nitrogens is 1. The van der Waals surface area contributed by atoms with Gasteiger partial charge < -0.3 is 10.2 Å². The van der Waals surface area contributed by atoms with Gasteiger partial charge in [0.1, 0.15) is 0 Å². The summed E-state index contributed by atoms with van der Waals surface area (Å²) in [6.45, 7) is 5.09. The Kier molecular flexibility index (Phi) is 6.64. The SMILES string of the molecule is O=C(/C=C/c1cccc2cccnc12)Nc1ccc(N2CCN(Cc3ccccc3)CC2)cc1. The first-order chi connectivity index (χ1) is 16.7. The summed E-state index contributed by atoms with van der Waals surface area (Å²) in [6, 6.07) is 28.6. The lowest BCUT2D eigenvalue weighted by Gasteiger charge is -2.36. The quantitative estimate of drug-likeness (QED) is 0.412. The first-order valence-electron chi connectivity index (χ1n) is 11.7. The van der Waals surface area contributed by atoms with Gasteiger partial charge in [-0.15, -0.1) is 0 Å². The summed E-state index contributed by atoms with van der Waals surface area (Å²) in [4.78, 5) is 21.8. The standard InChI is InChI=1S/C29H28N4O/c34-28(16-11-25-9-4-8-24-10-5-17-30-29(24)25)31-26-12-14-27(15-13-26)33-20-18-32(19-21-33)22-23-6-2-1-3-7-23/h1-17H,18-22H2,(H,31,34)/b16-11+. The summed E-state index contributed by atoms with van der Waals surface area (Å²) in [5.41, 5.74) is 5.16. The second-order valence-electron chi connectivity index (χ2n) is 8.54. The number of nitrogens with one attached hydrogen (secondary N) is 1. The minimum atomic E-state index is -0.157. The first-order valence-corrected chi connectivity index (χ1v) is 11.7. The van der Waals surface area contributed by atoms with Crippen molar-refractivity contribution < 1.29 is 4.79 Å². The number of rotatable bonds is 6. The fraction of sp³-hybridized carbons (Fsp3) is 0.172. The van der Waals surface area contributed by atoms with E-state index in [1.165, 1.54) is 11.3 Å². The fourth-order valence-corrected chi connectivity index (χ4v) is 4.37. The molecule has 0 bridgehead atoms. The van der Waals surface area contributed by atoms with E-state index in [9.17, 15) is 4.79 Å². The van der Waals surface area contributed by atoms with E-state index in [2.05, 4.69) is 62.6 Å². The summed E-state index contributed by atoms with van der Waals surface area (Å²) in [7, 11) is 0. The lowest BCUT2D eigenvalue weighted by atomic mass is 10.1. The maximum absolute atomic E-state index is 12.5. The molecule has 0 unspecified atom stereocenters. The molecule has 1 amide bonds. The summed E-state index contributed by atoms with van der Waals surface area (Å²) >= 11 is 0. The molecule has 4 aromatic rings. The Bertz CT molecular complexity index is 1270. The lowest BCUT2D eigenvalue weighted by molar-refractivity contribution is -0.111. The third-order valence-corrected chi connectivity index (χ3v) is 6.20. The van der Waals surface area contributed by atoms with Crippen LogP contribution in [0.15, 0.2) is 97.2 Å². The molecule has 1 aliphatic rings. The van der Waals surface area contributed by atoms with Gasteiger partial charge in [0, 0.05) is 67.3 Å². The number of nitrogens with zero attached hydrogens (tertiary/aromatic N) is 3. The van der Waals surface area contributed by atoms with Gasteiger partial charge >= 0.3 is 0 Å². The highest BCUT2D eigenvalue weighted by molar-refractivity contribution is 6.03. The van der Waals surface area contributed by atoms with Crippen LogP contribution >= 0.6 is 0 Å². The molecule has 5 nitrogen and oxygen atoms in total. The third-order valence-electron chi connectivity index (χ3n) is 6.20. The zero-order valence-electron chi connectivity index (χ0n) is 19.1. The number of carbonyl (C=O) groups excluding carboxylic acids is 1. The van der Waals surface area contributed by atoms with Gasteiger partial charge in [0.05, 0.1) is 5.52 Å². The molecule has 1 fully saturated rings. The molecule has 0 spiro atoms.